The maximum atomic E-state index is 15.3. The summed E-state index contributed by atoms with van der Waals surface area (Å²) in [5, 5.41) is 18.9. The van der Waals surface area contributed by atoms with Gasteiger partial charge in [0.15, 0.2) is 5.84 Å². The van der Waals surface area contributed by atoms with Crippen LogP contribution in [0.4, 0.5) is 14.4 Å². The van der Waals surface area contributed by atoms with Crippen molar-refractivity contribution in [3.8, 4) is 45.4 Å². The standard InChI is InChI=1S/C40H38BF2N3O6/c1-3-50-32-17-9-29(10-18-32)37-25-35(27-5-13-31(48)14-6-27)39(44-37)45-40-36(28-7-15-34(16-8-28)52-24-23-49-22-21-47)26-38(46(40)41(42)43)30-11-19-33(20-12-30)51-4-2/h5-20,25-26,47-48H,3-4,21-24H2,1-2H3/b45-39-. The molecule has 0 amide bonds. The van der Waals surface area contributed by atoms with Crippen molar-refractivity contribution in [1.29, 1.82) is 0 Å². The number of nitrogens with zero attached hydrogens (tertiary/aromatic N) is 3. The number of phenolic OH excluding ortho intramolecular Hbond substituents is 1. The molecule has 1 aliphatic heterocycles. The molecule has 0 spiro atoms. The molecule has 0 unspecified atom stereocenters. The lowest BCUT2D eigenvalue weighted by Gasteiger charge is -2.11. The van der Waals surface area contributed by atoms with E-state index in [0.717, 1.165) is 10.0 Å². The van der Waals surface area contributed by atoms with E-state index >= 15 is 8.63 Å². The van der Waals surface area contributed by atoms with Gasteiger partial charge < -0.3 is 33.6 Å². The molecule has 9 nitrogen and oxygen atoms in total. The number of aromatic nitrogens is 1. The Morgan fingerprint density at radius 1 is 0.692 bits per heavy atom. The number of aliphatic imine (C=N–C) groups is 2. The molecule has 0 radical (unpaired) electrons. The van der Waals surface area contributed by atoms with E-state index in [0.29, 0.717) is 70.6 Å². The van der Waals surface area contributed by atoms with Gasteiger partial charge in [0, 0.05) is 22.4 Å². The topological polar surface area (TPSA) is 107 Å². The molecule has 52 heavy (non-hydrogen) atoms. The Kier molecular flexibility index (Phi) is 11.8. The smallest absolute Gasteiger partial charge is 0.508 e. The van der Waals surface area contributed by atoms with Gasteiger partial charge in [0.05, 0.1) is 38.7 Å². The quantitative estimate of drug-likeness (QED) is 0.0794. The van der Waals surface area contributed by atoms with E-state index in [1.165, 1.54) is 0 Å². The molecule has 2 heterocycles. The van der Waals surface area contributed by atoms with Crippen molar-refractivity contribution in [2.75, 3.05) is 39.6 Å². The zero-order chi connectivity index (χ0) is 36.5. The number of amidine groups is 1. The number of hydrogen-bond donors (Lipinski definition) is 2. The summed E-state index contributed by atoms with van der Waals surface area (Å²) in [6.45, 7) is 5.54. The number of rotatable bonds is 16. The van der Waals surface area contributed by atoms with E-state index < -0.39 is 7.40 Å². The van der Waals surface area contributed by atoms with Gasteiger partial charge >= 0.3 is 7.40 Å². The van der Waals surface area contributed by atoms with Crippen molar-refractivity contribution in [2.45, 2.75) is 13.8 Å². The van der Waals surface area contributed by atoms with E-state index in [1.54, 1.807) is 78.9 Å². The Labute approximate surface area is 301 Å². The number of phenols is 1. The van der Waals surface area contributed by atoms with Crippen LogP contribution in [0.2, 0.25) is 0 Å². The first kappa shape index (κ1) is 36.1. The van der Waals surface area contributed by atoms with E-state index in [1.807, 2.05) is 44.2 Å². The molecular formula is C40H38BF2N3O6. The average Bonchev–Trinajstić information content (AvgIpc) is 3.75. The fourth-order valence-electron chi connectivity index (χ4n) is 5.75. The molecule has 0 saturated carbocycles. The van der Waals surface area contributed by atoms with Crippen LogP contribution >= 0.6 is 0 Å². The minimum atomic E-state index is -2.95. The highest BCUT2D eigenvalue weighted by Crippen LogP contribution is 2.41. The highest BCUT2D eigenvalue weighted by atomic mass is 19.2. The predicted molar refractivity (Wildman–Crippen MR) is 201 cm³/mol. The van der Waals surface area contributed by atoms with Crippen LogP contribution in [0.3, 0.4) is 0 Å². The van der Waals surface area contributed by atoms with Crippen LogP contribution < -0.4 is 14.2 Å². The van der Waals surface area contributed by atoms with Crippen molar-refractivity contribution in [3.63, 3.8) is 0 Å². The molecule has 0 bridgehead atoms. The van der Waals surface area contributed by atoms with Crippen LogP contribution in [0.25, 0.3) is 28.0 Å². The Bertz CT molecular complexity index is 2040. The summed E-state index contributed by atoms with van der Waals surface area (Å²) in [6, 6.07) is 29.9. The molecule has 0 atom stereocenters. The molecule has 5 aromatic rings. The van der Waals surface area contributed by atoms with Crippen LogP contribution in [0, 0.1) is 0 Å². The lowest BCUT2D eigenvalue weighted by atomic mass is 10.0. The summed E-state index contributed by atoms with van der Waals surface area (Å²) in [7, 11) is -2.95. The fourth-order valence-corrected chi connectivity index (χ4v) is 5.75. The van der Waals surface area contributed by atoms with Gasteiger partial charge in [-0.15, -0.1) is 0 Å². The number of ether oxygens (including phenoxy) is 4. The van der Waals surface area contributed by atoms with Gasteiger partial charge in [-0.25, -0.2) is 9.98 Å². The zero-order valence-electron chi connectivity index (χ0n) is 28.8. The summed E-state index contributed by atoms with van der Waals surface area (Å²) >= 11 is 0. The number of benzene rings is 4. The Balaban J connectivity index is 1.48. The number of allylic oxidation sites excluding steroid dienone is 1. The van der Waals surface area contributed by atoms with Crippen LogP contribution in [0.15, 0.2) is 119 Å². The summed E-state index contributed by atoms with van der Waals surface area (Å²) in [5.41, 5.74) is 4.61. The molecule has 0 fully saturated rings. The molecule has 4 aromatic carbocycles. The highest BCUT2D eigenvalue weighted by Gasteiger charge is 2.30. The monoisotopic (exact) mass is 705 g/mol. The van der Waals surface area contributed by atoms with Gasteiger partial charge in [0.25, 0.3) is 0 Å². The molecule has 266 valence electrons. The van der Waals surface area contributed by atoms with Gasteiger partial charge in [-0.2, -0.15) is 0 Å². The molecule has 2 N–H and O–H groups in total. The van der Waals surface area contributed by atoms with E-state index in [4.69, 9.17) is 34.0 Å². The number of aliphatic hydroxyl groups is 1. The predicted octanol–water partition coefficient (Wildman–Crippen LogP) is 8.10. The maximum absolute atomic E-state index is 15.3. The number of aliphatic hydroxyl groups excluding tert-OH is 1. The number of halogens is 2. The second-order valence-electron chi connectivity index (χ2n) is 11.6. The number of hydrogen-bond acceptors (Lipinski definition) is 7. The largest absolute Gasteiger partial charge is 0.679 e. The van der Waals surface area contributed by atoms with Gasteiger partial charge in [0.2, 0.25) is 0 Å². The van der Waals surface area contributed by atoms with Gasteiger partial charge in [-0.1, -0.05) is 24.3 Å². The van der Waals surface area contributed by atoms with Crippen molar-refractivity contribution < 1.29 is 37.8 Å². The van der Waals surface area contributed by atoms with E-state index in [2.05, 4.69) is 0 Å². The molecule has 1 aliphatic rings. The summed E-state index contributed by atoms with van der Waals surface area (Å²) in [6.07, 6.45) is 1.86. The number of aromatic hydroxyl groups is 1. The van der Waals surface area contributed by atoms with Crippen LogP contribution in [-0.4, -0.2) is 73.3 Å². The molecule has 0 aliphatic carbocycles. The maximum Gasteiger partial charge on any atom is 0.679 e. The third kappa shape index (κ3) is 8.42. The Morgan fingerprint density at radius 2 is 1.25 bits per heavy atom. The first-order valence-electron chi connectivity index (χ1n) is 17.0. The summed E-state index contributed by atoms with van der Waals surface area (Å²) < 4.78 is 53.8. The van der Waals surface area contributed by atoms with E-state index in [9.17, 15) is 5.11 Å². The Hall–Kier alpha value is -5.72. The zero-order valence-corrected chi connectivity index (χ0v) is 28.8. The van der Waals surface area contributed by atoms with Crippen molar-refractivity contribution in [1.82, 2.24) is 4.48 Å². The lowest BCUT2D eigenvalue weighted by Crippen LogP contribution is -2.14. The summed E-state index contributed by atoms with van der Waals surface area (Å²) in [5.74, 6) is 2.26. The van der Waals surface area contributed by atoms with Crippen LogP contribution in [0.1, 0.15) is 25.0 Å². The molecule has 0 saturated heterocycles. The third-order valence-electron chi connectivity index (χ3n) is 8.16. The first-order valence-corrected chi connectivity index (χ1v) is 17.0. The third-order valence-corrected chi connectivity index (χ3v) is 8.16. The van der Waals surface area contributed by atoms with Gasteiger partial charge in [-0.05, 0) is 115 Å². The van der Waals surface area contributed by atoms with Crippen molar-refractivity contribution in [3.05, 3.63) is 120 Å². The van der Waals surface area contributed by atoms with E-state index in [-0.39, 0.29) is 42.9 Å². The average molecular weight is 706 g/mol. The molecular weight excluding hydrogens is 667 g/mol. The van der Waals surface area contributed by atoms with Gasteiger partial charge in [-0.3, -0.25) is 8.63 Å². The first-order chi connectivity index (χ1) is 25.4. The minimum absolute atomic E-state index is 0.0151. The second kappa shape index (κ2) is 17.0. The molecule has 1 aromatic heterocycles. The van der Waals surface area contributed by atoms with Gasteiger partial charge in [0.1, 0.15) is 35.4 Å². The molecule has 6 rings (SSSR count). The van der Waals surface area contributed by atoms with Crippen LogP contribution in [-0.2, 0) is 4.74 Å². The minimum Gasteiger partial charge on any atom is -0.508 e. The van der Waals surface area contributed by atoms with Crippen molar-refractivity contribution in [2.24, 2.45) is 9.98 Å². The summed E-state index contributed by atoms with van der Waals surface area (Å²) in [4.78, 5) is 9.79. The lowest BCUT2D eigenvalue weighted by molar-refractivity contribution is 0.0705. The second-order valence-corrected chi connectivity index (χ2v) is 11.6. The van der Waals surface area contributed by atoms with Crippen LogP contribution in [0.5, 0.6) is 23.0 Å². The normalized spacial score (nSPS) is 13.2. The fraction of sp³-hybridized carbons (Fsp3) is 0.200. The van der Waals surface area contributed by atoms with Crippen molar-refractivity contribution >= 4 is 30.3 Å². The molecule has 12 heteroatoms. The SMILES string of the molecule is CCOc1ccc(C2=N/C(=N\c3c(-c4ccc(OCCOCCO)cc4)cc(-c4ccc(OCC)cc4)n3B(F)F)C(c3ccc(O)cc3)=C2)cc1. The highest BCUT2D eigenvalue weighted by molar-refractivity contribution is 6.43. The Morgan fingerprint density at radius 3 is 1.83 bits per heavy atom.